The van der Waals surface area contributed by atoms with Gasteiger partial charge >= 0.3 is 0 Å². The van der Waals surface area contributed by atoms with Crippen molar-refractivity contribution < 1.29 is 0 Å². The summed E-state index contributed by atoms with van der Waals surface area (Å²) in [6.07, 6.45) is 0. The second-order valence-corrected chi connectivity index (χ2v) is 15.8. The van der Waals surface area contributed by atoms with Gasteiger partial charge in [-0.05, 0) is 113 Å². The Morgan fingerprint density at radius 2 is 0.825 bits per heavy atom. The first-order valence-corrected chi connectivity index (χ1v) is 19.7. The molecule has 2 nitrogen and oxygen atoms in total. The molecule has 1 aromatic heterocycles. The lowest BCUT2D eigenvalue weighted by Crippen LogP contribution is -2.14. The highest BCUT2D eigenvalue weighted by Crippen LogP contribution is 2.53. The summed E-state index contributed by atoms with van der Waals surface area (Å²) < 4.78 is 0. The first-order valence-electron chi connectivity index (χ1n) is 19.7. The second-order valence-electron chi connectivity index (χ2n) is 15.8. The first-order chi connectivity index (χ1) is 28.0. The van der Waals surface area contributed by atoms with Crippen LogP contribution in [0, 0.1) is 0 Å². The highest BCUT2D eigenvalue weighted by Gasteiger charge is 2.37. The van der Waals surface area contributed by atoms with E-state index in [9.17, 15) is 0 Å². The lowest BCUT2D eigenvalue weighted by Gasteiger charge is -2.22. The van der Waals surface area contributed by atoms with Crippen LogP contribution in [0.2, 0.25) is 0 Å². The third-order valence-electron chi connectivity index (χ3n) is 12.0. The molecule has 0 N–H and O–H groups in total. The van der Waals surface area contributed by atoms with E-state index in [-0.39, 0.29) is 5.41 Å². The molecule has 0 atom stereocenters. The van der Waals surface area contributed by atoms with Crippen molar-refractivity contribution >= 4 is 32.3 Å². The van der Waals surface area contributed by atoms with Gasteiger partial charge in [-0.2, -0.15) is 0 Å². The molecule has 11 rings (SSSR count). The van der Waals surface area contributed by atoms with Crippen LogP contribution in [0.3, 0.4) is 0 Å². The van der Waals surface area contributed by atoms with Crippen LogP contribution in [-0.2, 0) is 5.41 Å². The molecule has 0 fully saturated rings. The molecule has 0 bridgehead atoms. The summed E-state index contributed by atoms with van der Waals surface area (Å²) in [7, 11) is 0. The number of rotatable bonds is 5. The van der Waals surface area contributed by atoms with Crippen LogP contribution >= 0.6 is 0 Å². The molecular formula is C55H38N2. The second kappa shape index (κ2) is 13.0. The molecular weight excluding hydrogens is 689 g/mol. The van der Waals surface area contributed by atoms with E-state index in [1.54, 1.807) is 0 Å². The summed E-state index contributed by atoms with van der Waals surface area (Å²) >= 11 is 0. The van der Waals surface area contributed by atoms with Gasteiger partial charge in [-0.1, -0.05) is 172 Å². The average Bonchev–Trinajstić information content (AvgIpc) is 3.50. The number of nitrogens with zero attached hydrogens (tertiary/aromatic N) is 2. The van der Waals surface area contributed by atoms with Crippen LogP contribution < -0.4 is 0 Å². The van der Waals surface area contributed by atoms with Gasteiger partial charge in [-0.25, -0.2) is 9.97 Å². The Kier molecular flexibility index (Phi) is 7.55. The van der Waals surface area contributed by atoms with E-state index >= 15 is 0 Å². The van der Waals surface area contributed by atoms with E-state index in [4.69, 9.17) is 9.97 Å². The monoisotopic (exact) mass is 726 g/mol. The molecule has 0 amide bonds. The van der Waals surface area contributed by atoms with Crippen molar-refractivity contribution in [2.24, 2.45) is 0 Å². The number of benzene rings is 9. The van der Waals surface area contributed by atoms with Crippen molar-refractivity contribution in [1.82, 2.24) is 9.97 Å². The van der Waals surface area contributed by atoms with E-state index in [0.29, 0.717) is 0 Å². The van der Waals surface area contributed by atoms with E-state index in [1.807, 2.05) is 6.07 Å². The van der Waals surface area contributed by atoms with Gasteiger partial charge < -0.3 is 0 Å². The maximum Gasteiger partial charge on any atom is 0.160 e. The van der Waals surface area contributed by atoms with Crippen LogP contribution in [0.1, 0.15) is 25.0 Å². The van der Waals surface area contributed by atoms with Crippen LogP contribution in [0.5, 0.6) is 0 Å². The quantitative estimate of drug-likeness (QED) is 0.176. The standard InChI is InChI=1S/C55H38N2/c1-55(2)49-18-10-17-47(53(49)48-32-40-15-8-9-16-41(40)33-50(48)55)52-34-51(56-54(57-52)38-12-4-3-5-13-38)46-28-27-44-30-43(25-26-45(44)31-46)37-21-19-36(20-22-37)42-24-23-35-11-6-7-14-39(35)29-42/h3-34H,1-2H3. The lowest BCUT2D eigenvalue weighted by molar-refractivity contribution is 0.661. The molecule has 268 valence electrons. The molecule has 2 heteroatoms. The molecule has 0 aliphatic heterocycles. The molecule has 0 saturated carbocycles. The Morgan fingerprint density at radius 3 is 1.51 bits per heavy atom. The Balaban J connectivity index is 0.986. The van der Waals surface area contributed by atoms with Gasteiger partial charge in [0.25, 0.3) is 0 Å². The molecule has 0 spiro atoms. The zero-order valence-corrected chi connectivity index (χ0v) is 31.9. The molecule has 0 unspecified atom stereocenters. The van der Waals surface area contributed by atoms with Gasteiger partial charge in [0.05, 0.1) is 11.4 Å². The summed E-state index contributed by atoms with van der Waals surface area (Å²) in [5.41, 5.74) is 15.0. The smallest absolute Gasteiger partial charge is 0.160 e. The summed E-state index contributed by atoms with van der Waals surface area (Å²) in [5, 5.41) is 7.41. The van der Waals surface area contributed by atoms with Crippen molar-refractivity contribution in [3.63, 3.8) is 0 Å². The Hall–Kier alpha value is -7.16. The number of hydrogen-bond donors (Lipinski definition) is 0. The SMILES string of the molecule is CC1(C)c2cc3ccccc3cc2-c2c(-c3cc(-c4ccc5cc(-c6ccc(-c7ccc8ccccc8c7)cc6)ccc5c4)nc(-c4ccccc4)n3)cccc21. The maximum atomic E-state index is 5.30. The van der Waals surface area contributed by atoms with Gasteiger partial charge in [0, 0.05) is 22.1 Å². The zero-order chi connectivity index (χ0) is 38.1. The number of fused-ring (bicyclic) bond motifs is 6. The molecule has 9 aromatic carbocycles. The summed E-state index contributed by atoms with van der Waals surface area (Å²) in [4.78, 5) is 10.5. The maximum absolute atomic E-state index is 5.30. The molecule has 0 radical (unpaired) electrons. The highest BCUT2D eigenvalue weighted by atomic mass is 14.9. The average molecular weight is 727 g/mol. The van der Waals surface area contributed by atoms with E-state index < -0.39 is 0 Å². The van der Waals surface area contributed by atoms with E-state index in [1.165, 1.54) is 76.8 Å². The van der Waals surface area contributed by atoms with E-state index in [0.717, 1.165) is 33.9 Å². The minimum Gasteiger partial charge on any atom is -0.228 e. The third kappa shape index (κ3) is 5.64. The van der Waals surface area contributed by atoms with E-state index in [2.05, 4.69) is 202 Å². The van der Waals surface area contributed by atoms with Crippen molar-refractivity contribution in [1.29, 1.82) is 0 Å². The topological polar surface area (TPSA) is 25.8 Å². The summed E-state index contributed by atoms with van der Waals surface area (Å²) in [5.74, 6) is 0.722. The van der Waals surface area contributed by atoms with Gasteiger partial charge in [0.2, 0.25) is 0 Å². The van der Waals surface area contributed by atoms with Gasteiger partial charge in [0.1, 0.15) is 0 Å². The summed E-state index contributed by atoms with van der Waals surface area (Å²) in [6, 6.07) is 70.3. The van der Waals surface area contributed by atoms with Crippen LogP contribution in [-0.4, -0.2) is 9.97 Å². The minimum atomic E-state index is -0.140. The molecule has 1 aliphatic rings. The van der Waals surface area contributed by atoms with Crippen molar-refractivity contribution in [3.8, 4) is 67.3 Å². The fourth-order valence-electron chi connectivity index (χ4n) is 8.94. The molecule has 57 heavy (non-hydrogen) atoms. The lowest BCUT2D eigenvalue weighted by atomic mass is 9.81. The van der Waals surface area contributed by atoms with Crippen LogP contribution in [0.25, 0.3) is 99.6 Å². The normalized spacial score (nSPS) is 12.9. The number of hydrogen-bond acceptors (Lipinski definition) is 2. The number of aromatic nitrogens is 2. The van der Waals surface area contributed by atoms with Gasteiger partial charge in [-0.15, -0.1) is 0 Å². The highest BCUT2D eigenvalue weighted by molar-refractivity contribution is 5.99. The van der Waals surface area contributed by atoms with Gasteiger partial charge in [-0.3, -0.25) is 0 Å². The van der Waals surface area contributed by atoms with Crippen molar-refractivity contribution in [2.75, 3.05) is 0 Å². The predicted molar refractivity (Wildman–Crippen MR) is 239 cm³/mol. The minimum absolute atomic E-state index is 0.140. The van der Waals surface area contributed by atoms with Crippen LogP contribution in [0.4, 0.5) is 0 Å². The molecule has 1 aliphatic carbocycles. The van der Waals surface area contributed by atoms with Crippen LogP contribution in [0.15, 0.2) is 194 Å². The summed E-state index contributed by atoms with van der Waals surface area (Å²) in [6.45, 7) is 4.69. The Labute approximate surface area is 332 Å². The molecule has 0 saturated heterocycles. The third-order valence-corrected chi connectivity index (χ3v) is 12.0. The van der Waals surface area contributed by atoms with Gasteiger partial charge in [0.15, 0.2) is 5.82 Å². The molecule has 10 aromatic rings. The Morgan fingerprint density at radius 1 is 0.316 bits per heavy atom. The fourth-order valence-corrected chi connectivity index (χ4v) is 8.94. The largest absolute Gasteiger partial charge is 0.228 e. The Bertz CT molecular complexity index is 3190. The van der Waals surface area contributed by atoms with Crippen molar-refractivity contribution in [3.05, 3.63) is 205 Å². The van der Waals surface area contributed by atoms with Crippen molar-refractivity contribution in [2.45, 2.75) is 19.3 Å². The fraction of sp³-hybridized carbons (Fsp3) is 0.0545. The molecule has 1 heterocycles. The predicted octanol–water partition coefficient (Wildman–Crippen LogP) is 14.6. The first kappa shape index (κ1) is 33.2. The zero-order valence-electron chi connectivity index (χ0n) is 31.9.